The molecule has 8 heteroatoms. The Morgan fingerprint density at radius 1 is 1.11 bits per heavy atom. The monoisotopic (exact) mass is 381 g/mol. The van der Waals surface area contributed by atoms with E-state index in [1.807, 2.05) is 0 Å². The van der Waals surface area contributed by atoms with Gasteiger partial charge in [-0.05, 0) is 57.5 Å². The Morgan fingerprint density at radius 3 is 2.30 bits per heavy atom. The SMILES string of the molecule is Cc1cc(NC(=O)c2ccn(C)c2C(F)(F)C(=O)NC(C)(C)C)ccc1F. The van der Waals surface area contributed by atoms with Gasteiger partial charge < -0.3 is 15.2 Å². The molecular formula is C19H22F3N3O2. The highest BCUT2D eigenvalue weighted by molar-refractivity contribution is 6.06. The van der Waals surface area contributed by atoms with Crippen molar-refractivity contribution < 1.29 is 22.8 Å². The minimum absolute atomic E-state index is 0.260. The van der Waals surface area contributed by atoms with Crippen LogP contribution < -0.4 is 10.6 Å². The van der Waals surface area contributed by atoms with Gasteiger partial charge in [0.25, 0.3) is 11.8 Å². The largest absolute Gasteiger partial charge is 0.364 e. The lowest BCUT2D eigenvalue weighted by Gasteiger charge is -2.25. The fourth-order valence-corrected chi connectivity index (χ4v) is 2.55. The number of hydrogen-bond acceptors (Lipinski definition) is 2. The topological polar surface area (TPSA) is 63.1 Å². The van der Waals surface area contributed by atoms with E-state index in [1.165, 1.54) is 44.4 Å². The average molecular weight is 381 g/mol. The summed E-state index contributed by atoms with van der Waals surface area (Å²) >= 11 is 0. The summed E-state index contributed by atoms with van der Waals surface area (Å²) in [5.74, 6) is -6.68. The molecule has 5 nitrogen and oxygen atoms in total. The van der Waals surface area contributed by atoms with Gasteiger partial charge in [-0.25, -0.2) is 4.39 Å². The summed E-state index contributed by atoms with van der Waals surface area (Å²) in [6.45, 7) is 6.26. The van der Waals surface area contributed by atoms with Gasteiger partial charge in [0.15, 0.2) is 0 Å². The van der Waals surface area contributed by atoms with Crippen LogP contribution in [-0.2, 0) is 17.8 Å². The summed E-state index contributed by atoms with van der Waals surface area (Å²) in [5, 5.41) is 4.68. The second kappa shape index (κ2) is 7.09. The van der Waals surface area contributed by atoms with Gasteiger partial charge in [0.05, 0.1) is 5.56 Å². The second-order valence-electron chi connectivity index (χ2n) is 7.39. The van der Waals surface area contributed by atoms with Crippen LogP contribution in [0.4, 0.5) is 18.9 Å². The second-order valence-corrected chi connectivity index (χ2v) is 7.39. The summed E-state index contributed by atoms with van der Waals surface area (Å²) in [6.07, 6.45) is 1.28. The Bertz CT molecular complexity index is 883. The van der Waals surface area contributed by atoms with Gasteiger partial charge in [-0.1, -0.05) is 0 Å². The van der Waals surface area contributed by atoms with Crippen LogP contribution in [0.5, 0.6) is 0 Å². The summed E-state index contributed by atoms with van der Waals surface area (Å²) in [5.41, 5.74) is -1.36. The highest BCUT2D eigenvalue weighted by atomic mass is 19.3. The molecule has 2 amide bonds. The molecule has 1 aromatic carbocycles. The third-order valence-electron chi connectivity index (χ3n) is 3.80. The van der Waals surface area contributed by atoms with E-state index in [0.717, 1.165) is 4.57 Å². The van der Waals surface area contributed by atoms with E-state index >= 15 is 0 Å². The van der Waals surface area contributed by atoms with E-state index in [9.17, 15) is 22.8 Å². The van der Waals surface area contributed by atoms with E-state index in [4.69, 9.17) is 0 Å². The molecule has 2 aromatic rings. The van der Waals surface area contributed by atoms with Crippen molar-refractivity contribution in [1.29, 1.82) is 0 Å². The number of aryl methyl sites for hydroxylation is 2. The number of carbonyl (C=O) groups excluding carboxylic acids is 2. The molecule has 0 unspecified atom stereocenters. The Kier molecular flexibility index (Phi) is 5.40. The van der Waals surface area contributed by atoms with Crippen LogP contribution in [0, 0.1) is 12.7 Å². The molecule has 0 saturated heterocycles. The van der Waals surface area contributed by atoms with Crippen LogP contribution in [0.1, 0.15) is 42.4 Å². The maximum Gasteiger partial charge on any atom is 0.364 e. The predicted molar refractivity (Wildman–Crippen MR) is 96.3 cm³/mol. The first-order chi connectivity index (χ1) is 12.3. The average Bonchev–Trinajstić information content (AvgIpc) is 2.91. The van der Waals surface area contributed by atoms with Crippen LogP contribution in [-0.4, -0.2) is 21.9 Å². The van der Waals surface area contributed by atoms with E-state index in [0.29, 0.717) is 5.56 Å². The summed E-state index contributed by atoms with van der Waals surface area (Å²) < 4.78 is 44.0. The summed E-state index contributed by atoms with van der Waals surface area (Å²) in [7, 11) is 1.33. The molecule has 0 aliphatic rings. The van der Waals surface area contributed by atoms with Gasteiger partial charge in [0.2, 0.25) is 0 Å². The highest BCUT2D eigenvalue weighted by Crippen LogP contribution is 2.32. The number of nitrogens with zero attached hydrogens (tertiary/aromatic N) is 1. The molecule has 0 fully saturated rings. The number of benzene rings is 1. The number of halogens is 3. The molecule has 0 atom stereocenters. The van der Waals surface area contributed by atoms with Crippen molar-refractivity contribution in [2.45, 2.75) is 39.2 Å². The number of rotatable bonds is 4. The molecular weight excluding hydrogens is 359 g/mol. The molecule has 1 heterocycles. The summed E-state index contributed by atoms with van der Waals surface area (Å²) in [4.78, 5) is 24.6. The first kappa shape index (κ1) is 20.5. The van der Waals surface area contributed by atoms with Gasteiger partial charge in [-0.15, -0.1) is 0 Å². The van der Waals surface area contributed by atoms with Gasteiger partial charge in [-0.3, -0.25) is 9.59 Å². The number of carbonyl (C=O) groups is 2. The smallest absolute Gasteiger partial charge is 0.348 e. The number of amides is 2. The van der Waals surface area contributed by atoms with Crippen molar-refractivity contribution in [3.63, 3.8) is 0 Å². The Labute approximate surface area is 155 Å². The lowest BCUT2D eigenvalue weighted by molar-refractivity contribution is -0.149. The Morgan fingerprint density at radius 2 is 1.74 bits per heavy atom. The number of hydrogen-bond donors (Lipinski definition) is 2. The zero-order chi connectivity index (χ0) is 20.6. The van der Waals surface area contributed by atoms with Crippen molar-refractivity contribution in [1.82, 2.24) is 9.88 Å². The maximum atomic E-state index is 14.8. The van der Waals surface area contributed by atoms with Crippen molar-refractivity contribution in [2.75, 3.05) is 5.32 Å². The zero-order valence-corrected chi connectivity index (χ0v) is 15.8. The number of alkyl halides is 2. The fraction of sp³-hybridized carbons (Fsp3) is 0.368. The lowest BCUT2D eigenvalue weighted by Crippen LogP contribution is -2.48. The highest BCUT2D eigenvalue weighted by Gasteiger charge is 2.47. The van der Waals surface area contributed by atoms with Crippen molar-refractivity contribution in [2.24, 2.45) is 7.05 Å². The molecule has 146 valence electrons. The van der Waals surface area contributed by atoms with Crippen LogP contribution >= 0.6 is 0 Å². The molecule has 1 aromatic heterocycles. The van der Waals surface area contributed by atoms with Gasteiger partial charge >= 0.3 is 5.92 Å². The molecule has 0 spiro atoms. The van der Waals surface area contributed by atoms with E-state index < -0.39 is 34.8 Å². The van der Waals surface area contributed by atoms with Crippen molar-refractivity contribution in [3.05, 3.63) is 53.1 Å². The normalized spacial score (nSPS) is 12.0. The number of aromatic nitrogens is 1. The first-order valence-electron chi connectivity index (χ1n) is 8.26. The standard InChI is InChI=1S/C19H22F3N3O2/c1-11-10-12(6-7-14(11)20)23-16(26)13-8-9-25(5)15(13)19(21,22)17(27)24-18(2,3)4/h6-10H,1-5H3,(H,23,26)(H,24,27). The molecule has 0 bridgehead atoms. The minimum atomic E-state index is -3.92. The molecule has 0 saturated carbocycles. The van der Waals surface area contributed by atoms with Crippen molar-refractivity contribution >= 4 is 17.5 Å². The third kappa shape index (κ3) is 4.50. The van der Waals surface area contributed by atoms with Crippen molar-refractivity contribution in [3.8, 4) is 0 Å². The fourth-order valence-electron chi connectivity index (χ4n) is 2.55. The van der Waals surface area contributed by atoms with E-state index in [2.05, 4.69) is 10.6 Å². The Balaban J connectivity index is 2.35. The molecule has 0 aliphatic heterocycles. The number of anilines is 1. The van der Waals surface area contributed by atoms with Crippen LogP contribution in [0.2, 0.25) is 0 Å². The maximum absolute atomic E-state index is 14.8. The third-order valence-corrected chi connectivity index (χ3v) is 3.80. The first-order valence-corrected chi connectivity index (χ1v) is 8.26. The minimum Gasteiger partial charge on any atom is -0.348 e. The molecule has 2 rings (SSSR count). The number of nitrogens with one attached hydrogen (secondary N) is 2. The quantitative estimate of drug-likeness (QED) is 0.848. The molecule has 27 heavy (non-hydrogen) atoms. The van der Waals surface area contributed by atoms with E-state index in [-0.39, 0.29) is 11.3 Å². The van der Waals surface area contributed by atoms with Crippen LogP contribution in [0.15, 0.2) is 30.5 Å². The molecule has 2 N–H and O–H groups in total. The predicted octanol–water partition coefficient (Wildman–Crippen LogP) is 3.73. The lowest BCUT2D eigenvalue weighted by atomic mass is 10.1. The van der Waals surface area contributed by atoms with E-state index in [1.54, 1.807) is 20.8 Å². The zero-order valence-electron chi connectivity index (χ0n) is 15.8. The van der Waals surface area contributed by atoms with Crippen LogP contribution in [0.25, 0.3) is 0 Å². The summed E-state index contributed by atoms with van der Waals surface area (Å²) in [6, 6.07) is 5.09. The van der Waals surface area contributed by atoms with Crippen LogP contribution in [0.3, 0.4) is 0 Å². The molecule has 0 aliphatic carbocycles. The van der Waals surface area contributed by atoms with Gasteiger partial charge in [-0.2, -0.15) is 8.78 Å². The van der Waals surface area contributed by atoms with Gasteiger partial charge in [0.1, 0.15) is 11.5 Å². The molecule has 0 radical (unpaired) electrons. The van der Waals surface area contributed by atoms with Gasteiger partial charge in [0, 0.05) is 24.5 Å². The Hall–Kier alpha value is -2.77.